The number of carbonyl (C=O) groups excluding carboxylic acids is 1. The first-order valence-corrected chi connectivity index (χ1v) is 7.22. The summed E-state index contributed by atoms with van der Waals surface area (Å²) in [4.78, 5) is 14.6. The van der Waals surface area contributed by atoms with Gasteiger partial charge in [0.25, 0.3) is 0 Å². The molecule has 1 aliphatic carbocycles. The minimum absolute atomic E-state index is 0.0606. The Kier molecular flexibility index (Phi) is 3.95. The average Bonchev–Trinajstić information content (AvgIpc) is 2.20. The Bertz CT molecular complexity index is 320. The van der Waals surface area contributed by atoms with Crippen LogP contribution in [0.4, 0.5) is 0 Å². The number of hydrogen-bond acceptors (Lipinski definition) is 4. The topological polar surface area (TPSA) is 35.6 Å². The maximum absolute atomic E-state index is 12.6. The lowest BCUT2D eigenvalue weighted by Gasteiger charge is -2.48. The summed E-state index contributed by atoms with van der Waals surface area (Å²) in [5, 5.41) is 3.30. The second-order valence-corrected chi connectivity index (χ2v) is 6.81. The number of thiol groups is 1. The van der Waals surface area contributed by atoms with Crippen LogP contribution in [0.15, 0.2) is 0 Å². The quantitative estimate of drug-likeness (QED) is 0.759. The third kappa shape index (κ3) is 2.53. The molecule has 18 heavy (non-hydrogen) atoms. The van der Waals surface area contributed by atoms with E-state index < -0.39 is 0 Å². The number of carbonyl (C=O) groups is 1. The van der Waals surface area contributed by atoms with Crippen molar-refractivity contribution in [3.63, 3.8) is 0 Å². The van der Waals surface area contributed by atoms with Gasteiger partial charge in [-0.25, -0.2) is 0 Å². The van der Waals surface area contributed by atoms with E-state index in [9.17, 15) is 4.79 Å². The van der Waals surface area contributed by atoms with E-state index >= 15 is 0 Å². The van der Waals surface area contributed by atoms with Crippen molar-refractivity contribution >= 4 is 18.7 Å². The Labute approximate surface area is 116 Å². The van der Waals surface area contributed by atoms with Crippen molar-refractivity contribution in [1.82, 2.24) is 14.5 Å². The Morgan fingerprint density at radius 1 is 1.22 bits per heavy atom. The van der Waals surface area contributed by atoms with Crippen molar-refractivity contribution in [1.29, 1.82) is 0 Å². The number of piperidine rings is 1. The Morgan fingerprint density at radius 3 is 2.17 bits per heavy atom. The zero-order valence-corrected chi connectivity index (χ0v) is 12.6. The largest absolute Gasteiger partial charge is 0.349 e. The summed E-state index contributed by atoms with van der Waals surface area (Å²) in [7, 11) is 4.02. The van der Waals surface area contributed by atoms with Crippen molar-refractivity contribution in [3.05, 3.63) is 0 Å². The molecular weight excluding hydrogens is 246 g/mol. The smallest absolute Gasteiger partial charge is 0.240 e. The number of amides is 1. The molecule has 0 atom stereocenters. The zero-order chi connectivity index (χ0) is 13.4. The van der Waals surface area contributed by atoms with E-state index in [0.717, 1.165) is 45.2 Å². The van der Waals surface area contributed by atoms with Crippen LogP contribution in [0.5, 0.6) is 0 Å². The van der Waals surface area contributed by atoms with Crippen LogP contribution < -0.4 is 5.32 Å². The van der Waals surface area contributed by atoms with Gasteiger partial charge in [0, 0.05) is 18.6 Å². The van der Waals surface area contributed by atoms with Crippen molar-refractivity contribution in [3.8, 4) is 0 Å². The predicted octanol–water partition coefficient (Wildman–Crippen LogP) is 1.29. The lowest BCUT2D eigenvalue weighted by Crippen LogP contribution is -2.65. The molecule has 1 amide bonds. The lowest BCUT2D eigenvalue weighted by molar-refractivity contribution is -0.139. The first-order valence-electron chi connectivity index (χ1n) is 6.82. The molecule has 2 aliphatic rings. The molecule has 1 saturated heterocycles. The molecule has 2 rings (SSSR count). The van der Waals surface area contributed by atoms with Gasteiger partial charge in [-0.1, -0.05) is 12.8 Å². The minimum atomic E-state index is -0.249. The summed E-state index contributed by atoms with van der Waals surface area (Å²) in [6.07, 6.45) is 5.09. The van der Waals surface area contributed by atoms with E-state index in [2.05, 4.69) is 30.0 Å². The van der Waals surface area contributed by atoms with Gasteiger partial charge >= 0.3 is 0 Å². The number of nitrogens with one attached hydrogen (secondary N) is 1. The van der Waals surface area contributed by atoms with Gasteiger partial charge in [-0.15, -0.1) is 0 Å². The van der Waals surface area contributed by atoms with Gasteiger partial charge in [0.15, 0.2) is 0 Å². The van der Waals surface area contributed by atoms with Crippen LogP contribution in [-0.2, 0) is 4.79 Å². The fourth-order valence-corrected chi connectivity index (χ4v) is 3.09. The molecule has 1 heterocycles. The van der Waals surface area contributed by atoms with Gasteiger partial charge in [0.1, 0.15) is 0 Å². The van der Waals surface area contributed by atoms with Gasteiger partial charge in [-0.2, -0.15) is 0 Å². The zero-order valence-electron chi connectivity index (χ0n) is 11.7. The van der Waals surface area contributed by atoms with Crippen LogP contribution in [-0.4, -0.2) is 53.4 Å². The SMILES string of the molecule is CN(C)C1(C(=O)NC2(C)CCN(S)CC2)CCC1. The van der Waals surface area contributed by atoms with Crippen LogP contribution in [0.25, 0.3) is 0 Å². The average molecular weight is 271 g/mol. The van der Waals surface area contributed by atoms with Crippen LogP contribution in [0.1, 0.15) is 39.0 Å². The highest BCUT2D eigenvalue weighted by atomic mass is 32.1. The summed E-state index contributed by atoms with van der Waals surface area (Å²) >= 11 is 4.36. The van der Waals surface area contributed by atoms with E-state index in [4.69, 9.17) is 0 Å². The maximum Gasteiger partial charge on any atom is 0.240 e. The van der Waals surface area contributed by atoms with Crippen molar-refractivity contribution in [2.75, 3.05) is 27.2 Å². The van der Waals surface area contributed by atoms with Crippen LogP contribution >= 0.6 is 12.8 Å². The molecule has 5 heteroatoms. The molecule has 0 radical (unpaired) electrons. The molecule has 0 aromatic rings. The van der Waals surface area contributed by atoms with E-state index in [1.807, 2.05) is 18.4 Å². The molecule has 0 bridgehead atoms. The first-order chi connectivity index (χ1) is 8.38. The highest BCUT2D eigenvalue weighted by Crippen LogP contribution is 2.37. The summed E-state index contributed by atoms with van der Waals surface area (Å²) in [5.74, 6) is 0.217. The standard InChI is InChI=1S/C13H25N3OS/c1-12(7-9-16(18)10-8-12)14-11(17)13(15(2)3)5-4-6-13/h18H,4-10H2,1-3H3,(H,14,17). The van der Waals surface area contributed by atoms with E-state index in [0.29, 0.717) is 0 Å². The third-order valence-corrected chi connectivity index (χ3v) is 5.12. The number of hydrogen-bond donors (Lipinski definition) is 2. The van der Waals surface area contributed by atoms with Gasteiger partial charge in [0.2, 0.25) is 5.91 Å². The maximum atomic E-state index is 12.6. The molecule has 0 unspecified atom stereocenters. The fourth-order valence-electron chi connectivity index (χ4n) is 2.89. The van der Waals surface area contributed by atoms with Gasteiger partial charge < -0.3 is 5.32 Å². The predicted molar refractivity (Wildman–Crippen MR) is 76.6 cm³/mol. The Balaban J connectivity index is 1.98. The van der Waals surface area contributed by atoms with Gasteiger partial charge in [-0.3, -0.25) is 14.0 Å². The third-order valence-electron chi connectivity index (χ3n) is 4.72. The normalized spacial score (nSPS) is 26.7. The van der Waals surface area contributed by atoms with Gasteiger partial charge in [0.05, 0.1) is 5.54 Å². The first kappa shape index (κ1) is 14.2. The lowest BCUT2D eigenvalue weighted by atomic mass is 9.74. The van der Waals surface area contributed by atoms with Crippen molar-refractivity contribution in [2.45, 2.75) is 50.1 Å². The van der Waals surface area contributed by atoms with Crippen molar-refractivity contribution < 1.29 is 4.79 Å². The van der Waals surface area contributed by atoms with E-state index in [1.165, 1.54) is 0 Å². The Morgan fingerprint density at radius 2 is 1.78 bits per heavy atom. The summed E-state index contributed by atoms with van der Waals surface area (Å²) < 4.78 is 2.03. The highest BCUT2D eigenvalue weighted by Gasteiger charge is 2.48. The monoisotopic (exact) mass is 271 g/mol. The molecule has 1 saturated carbocycles. The molecule has 0 spiro atoms. The fraction of sp³-hybridized carbons (Fsp3) is 0.923. The van der Waals surface area contributed by atoms with E-state index in [-0.39, 0.29) is 17.0 Å². The summed E-state index contributed by atoms with van der Waals surface area (Å²) in [6.45, 7) is 4.04. The molecule has 1 N–H and O–H groups in total. The molecule has 1 aliphatic heterocycles. The molecule has 104 valence electrons. The van der Waals surface area contributed by atoms with E-state index in [1.54, 1.807) is 0 Å². The van der Waals surface area contributed by atoms with Crippen molar-refractivity contribution in [2.24, 2.45) is 0 Å². The number of likely N-dealkylation sites (N-methyl/N-ethyl adjacent to an activating group) is 1. The molecule has 4 nitrogen and oxygen atoms in total. The molecule has 0 aromatic heterocycles. The van der Waals surface area contributed by atoms with Crippen LogP contribution in [0.3, 0.4) is 0 Å². The number of rotatable bonds is 3. The Hall–Kier alpha value is -0.260. The highest BCUT2D eigenvalue weighted by molar-refractivity contribution is 7.77. The summed E-state index contributed by atoms with van der Waals surface area (Å²) in [5.41, 5.74) is -0.310. The van der Waals surface area contributed by atoms with Crippen LogP contribution in [0, 0.1) is 0 Å². The van der Waals surface area contributed by atoms with Gasteiger partial charge in [-0.05, 0) is 53.1 Å². The van der Waals surface area contributed by atoms with Crippen LogP contribution in [0.2, 0.25) is 0 Å². The second-order valence-electron chi connectivity index (χ2n) is 6.25. The molecule has 0 aromatic carbocycles. The minimum Gasteiger partial charge on any atom is -0.349 e. The number of nitrogens with zero attached hydrogens (tertiary/aromatic N) is 2. The summed E-state index contributed by atoms with van der Waals surface area (Å²) in [6, 6.07) is 0. The second kappa shape index (κ2) is 5.02. The molecular formula is C13H25N3OS. The molecule has 2 fully saturated rings.